The lowest BCUT2D eigenvalue weighted by Crippen LogP contribution is -2.11. The van der Waals surface area contributed by atoms with Gasteiger partial charge in [-0.3, -0.25) is 0 Å². The molecular weight excluding hydrogens is 188 g/mol. The fourth-order valence-electron chi connectivity index (χ4n) is 1.09. The van der Waals surface area contributed by atoms with Gasteiger partial charge in [-0.2, -0.15) is 8.78 Å². The second-order valence-electron chi connectivity index (χ2n) is 2.68. The van der Waals surface area contributed by atoms with Gasteiger partial charge < -0.3 is 10.5 Å². The molecule has 0 radical (unpaired) electrons. The van der Waals surface area contributed by atoms with Crippen LogP contribution in [-0.4, -0.2) is 6.61 Å². The van der Waals surface area contributed by atoms with Gasteiger partial charge in [0.05, 0.1) is 6.04 Å². The molecule has 0 aliphatic carbocycles. The summed E-state index contributed by atoms with van der Waals surface area (Å²) in [6.45, 7) is 0.650. The van der Waals surface area contributed by atoms with Crippen molar-refractivity contribution in [3.05, 3.63) is 42.5 Å². The summed E-state index contributed by atoms with van der Waals surface area (Å²) in [5.41, 5.74) is 6.13. The third-order valence-electron chi connectivity index (χ3n) is 1.75. The van der Waals surface area contributed by atoms with Crippen LogP contribution in [0.4, 0.5) is 8.78 Å². The smallest absolute Gasteiger partial charge is 0.387 e. The number of hydrogen-bond acceptors (Lipinski definition) is 2. The van der Waals surface area contributed by atoms with Crippen molar-refractivity contribution in [2.45, 2.75) is 12.7 Å². The Balaban J connectivity index is 2.96. The Hall–Kier alpha value is -1.42. The molecule has 1 aromatic rings. The average Bonchev–Trinajstić information content (AvgIpc) is 2.16. The van der Waals surface area contributed by atoms with Crippen LogP contribution in [0.15, 0.2) is 36.9 Å². The van der Waals surface area contributed by atoms with Gasteiger partial charge >= 0.3 is 6.61 Å². The van der Waals surface area contributed by atoms with Gasteiger partial charge in [0.15, 0.2) is 0 Å². The van der Waals surface area contributed by atoms with E-state index in [4.69, 9.17) is 5.73 Å². The van der Waals surface area contributed by atoms with E-state index in [0.717, 1.165) is 0 Å². The predicted octanol–water partition coefficient (Wildman–Crippen LogP) is 2.47. The zero-order chi connectivity index (χ0) is 10.6. The highest BCUT2D eigenvalue weighted by Gasteiger charge is 2.11. The van der Waals surface area contributed by atoms with Crippen molar-refractivity contribution in [2.24, 2.45) is 5.73 Å². The highest BCUT2D eigenvalue weighted by atomic mass is 19.3. The predicted molar refractivity (Wildman–Crippen MR) is 50.2 cm³/mol. The highest BCUT2D eigenvalue weighted by Crippen LogP contribution is 2.25. The lowest BCUT2D eigenvalue weighted by molar-refractivity contribution is -0.0505. The lowest BCUT2D eigenvalue weighted by Gasteiger charge is -2.13. The third-order valence-corrected chi connectivity index (χ3v) is 1.75. The van der Waals surface area contributed by atoms with Gasteiger partial charge in [0.2, 0.25) is 0 Å². The number of ether oxygens (including phenoxy) is 1. The molecule has 4 heteroatoms. The molecule has 1 atom stereocenters. The van der Waals surface area contributed by atoms with Crippen LogP contribution in [0, 0.1) is 0 Å². The van der Waals surface area contributed by atoms with Crippen LogP contribution in [0.1, 0.15) is 11.6 Å². The number of para-hydroxylation sites is 1. The molecule has 76 valence electrons. The zero-order valence-corrected chi connectivity index (χ0v) is 7.49. The molecule has 0 fully saturated rings. The van der Waals surface area contributed by atoms with E-state index in [1.807, 2.05) is 0 Å². The van der Waals surface area contributed by atoms with Crippen molar-refractivity contribution in [1.29, 1.82) is 0 Å². The third kappa shape index (κ3) is 2.53. The molecule has 0 spiro atoms. The summed E-state index contributed by atoms with van der Waals surface area (Å²) < 4.78 is 28.3. The second kappa shape index (κ2) is 4.72. The molecule has 0 amide bonds. The van der Waals surface area contributed by atoms with Gasteiger partial charge in [-0.15, -0.1) is 6.58 Å². The van der Waals surface area contributed by atoms with Crippen LogP contribution < -0.4 is 10.5 Å². The highest BCUT2D eigenvalue weighted by molar-refractivity contribution is 5.37. The molecule has 0 aliphatic rings. The first-order valence-corrected chi connectivity index (χ1v) is 4.07. The second-order valence-corrected chi connectivity index (χ2v) is 2.68. The van der Waals surface area contributed by atoms with Gasteiger partial charge in [-0.1, -0.05) is 24.3 Å². The van der Waals surface area contributed by atoms with Gasteiger partial charge in [0, 0.05) is 5.56 Å². The van der Waals surface area contributed by atoms with Crippen molar-refractivity contribution in [3.8, 4) is 5.75 Å². The molecule has 0 saturated heterocycles. The van der Waals surface area contributed by atoms with Crippen molar-refractivity contribution in [3.63, 3.8) is 0 Å². The Morgan fingerprint density at radius 3 is 2.57 bits per heavy atom. The number of alkyl halides is 2. The molecule has 1 rings (SSSR count). The lowest BCUT2D eigenvalue weighted by atomic mass is 10.1. The van der Waals surface area contributed by atoms with Gasteiger partial charge in [0.25, 0.3) is 0 Å². The van der Waals surface area contributed by atoms with Crippen LogP contribution in [0.2, 0.25) is 0 Å². The Morgan fingerprint density at radius 2 is 2.00 bits per heavy atom. The number of benzene rings is 1. The molecule has 0 aromatic heterocycles. The fraction of sp³-hybridized carbons (Fsp3) is 0.200. The quantitative estimate of drug-likeness (QED) is 0.756. The summed E-state index contributed by atoms with van der Waals surface area (Å²) >= 11 is 0. The number of halogens is 2. The topological polar surface area (TPSA) is 35.2 Å². The van der Waals surface area contributed by atoms with E-state index < -0.39 is 12.7 Å². The van der Waals surface area contributed by atoms with Gasteiger partial charge in [-0.25, -0.2) is 0 Å². The van der Waals surface area contributed by atoms with Crippen LogP contribution in [0.5, 0.6) is 5.75 Å². The molecule has 0 bridgehead atoms. The normalized spacial score (nSPS) is 12.6. The van der Waals surface area contributed by atoms with E-state index >= 15 is 0 Å². The standard InChI is InChI=1S/C10H11F2NO/c1-2-8(13)7-5-3-4-6-9(7)14-10(11)12/h2-6,8,10H,1,13H2. The summed E-state index contributed by atoms with van der Waals surface area (Å²) in [4.78, 5) is 0. The maximum atomic E-state index is 12.0. The van der Waals surface area contributed by atoms with E-state index in [-0.39, 0.29) is 5.75 Å². The van der Waals surface area contributed by atoms with E-state index in [2.05, 4.69) is 11.3 Å². The first-order valence-electron chi connectivity index (χ1n) is 4.07. The van der Waals surface area contributed by atoms with Crippen molar-refractivity contribution in [2.75, 3.05) is 0 Å². The summed E-state index contributed by atoms with van der Waals surface area (Å²) in [5, 5.41) is 0. The summed E-state index contributed by atoms with van der Waals surface area (Å²) in [7, 11) is 0. The SMILES string of the molecule is C=CC(N)c1ccccc1OC(F)F. The molecule has 0 heterocycles. The van der Waals surface area contributed by atoms with Crippen molar-refractivity contribution in [1.82, 2.24) is 0 Å². The molecule has 0 saturated carbocycles. The Bertz CT molecular complexity index is 315. The molecular formula is C10H11F2NO. The first kappa shape index (κ1) is 10.7. The van der Waals surface area contributed by atoms with Crippen LogP contribution >= 0.6 is 0 Å². The Morgan fingerprint density at radius 1 is 1.36 bits per heavy atom. The van der Waals surface area contributed by atoms with E-state index in [9.17, 15) is 8.78 Å². The molecule has 2 nitrogen and oxygen atoms in total. The Kier molecular flexibility index (Phi) is 3.59. The monoisotopic (exact) mass is 199 g/mol. The fourth-order valence-corrected chi connectivity index (χ4v) is 1.09. The molecule has 1 unspecified atom stereocenters. The maximum absolute atomic E-state index is 12.0. The van der Waals surface area contributed by atoms with Crippen molar-refractivity contribution >= 4 is 0 Å². The summed E-state index contributed by atoms with van der Waals surface area (Å²) in [6, 6.07) is 5.90. The number of hydrogen-bond donors (Lipinski definition) is 1. The molecule has 0 aliphatic heterocycles. The minimum atomic E-state index is -2.84. The Labute approximate surface area is 81.0 Å². The van der Waals surface area contributed by atoms with Crippen molar-refractivity contribution < 1.29 is 13.5 Å². The zero-order valence-electron chi connectivity index (χ0n) is 7.49. The largest absolute Gasteiger partial charge is 0.434 e. The maximum Gasteiger partial charge on any atom is 0.387 e. The van der Waals surface area contributed by atoms with E-state index in [1.165, 1.54) is 12.1 Å². The summed E-state index contributed by atoms with van der Waals surface area (Å²) in [5.74, 6) is 0.0925. The van der Waals surface area contributed by atoms with Crippen LogP contribution in [-0.2, 0) is 0 Å². The molecule has 1 aromatic carbocycles. The minimum Gasteiger partial charge on any atom is -0.434 e. The molecule has 2 N–H and O–H groups in total. The van der Waals surface area contributed by atoms with Crippen LogP contribution in [0.25, 0.3) is 0 Å². The molecule has 14 heavy (non-hydrogen) atoms. The number of rotatable bonds is 4. The van der Waals surface area contributed by atoms with E-state index in [0.29, 0.717) is 5.56 Å². The van der Waals surface area contributed by atoms with Gasteiger partial charge in [0.1, 0.15) is 5.75 Å². The average molecular weight is 199 g/mol. The first-order chi connectivity index (χ1) is 6.65. The summed E-state index contributed by atoms with van der Waals surface area (Å²) in [6.07, 6.45) is 1.47. The number of nitrogens with two attached hydrogens (primary N) is 1. The van der Waals surface area contributed by atoms with Crippen LogP contribution in [0.3, 0.4) is 0 Å². The van der Waals surface area contributed by atoms with Gasteiger partial charge in [-0.05, 0) is 6.07 Å². The minimum absolute atomic E-state index is 0.0925. The van der Waals surface area contributed by atoms with E-state index in [1.54, 1.807) is 18.2 Å².